The summed E-state index contributed by atoms with van der Waals surface area (Å²) in [6.45, 7) is 3.57. The summed E-state index contributed by atoms with van der Waals surface area (Å²) >= 11 is 0. The molecule has 1 saturated heterocycles. The van der Waals surface area contributed by atoms with Crippen molar-refractivity contribution in [3.05, 3.63) is 24.1 Å². The molecule has 0 N–H and O–H groups in total. The maximum absolute atomic E-state index is 13.1. The van der Waals surface area contributed by atoms with Gasteiger partial charge in [-0.05, 0) is 19.9 Å². The van der Waals surface area contributed by atoms with Gasteiger partial charge >= 0.3 is 0 Å². The zero-order valence-electron chi connectivity index (χ0n) is 7.08. The Hall–Kier alpha value is -0.670. The van der Waals surface area contributed by atoms with Gasteiger partial charge in [0.1, 0.15) is 18.0 Å². The number of hydrogen-bond acceptors (Lipinski definition) is 2. The van der Waals surface area contributed by atoms with Crippen molar-refractivity contribution in [2.75, 3.05) is 0 Å². The molecule has 0 aromatic heterocycles. The van der Waals surface area contributed by atoms with E-state index in [9.17, 15) is 4.39 Å². The molecule has 0 radical (unpaired) electrons. The van der Waals surface area contributed by atoms with Crippen LogP contribution in [0.4, 0.5) is 4.39 Å². The fourth-order valence-electron chi connectivity index (χ4n) is 1.50. The van der Waals surface area contributed by atoms with Crippen LogP contribution in [0.15, 0.2) is 24.1 Å². The lowest BCUT2D eigenvalue weighted by atomic mass is 10.1. The molecule has 2 rings (SSSR count). The number of ether oxygens (including phenoxy) is 2. The van der Waals surface area contributed by atoms with Gasteiger partial charge in [-0.1, -0.05) is 12.2 Å². The summed E-state index contributed by atoms with van der Waals surface area (Å²) in [6, 6.07) is 0. The van der Waals surface area contributed by atoms with Crippen molar-refractivity contribution in [2.45, 2.75) is 31.8 Å². The molecule has 2 nitrogen and oxygen atoms in total. The predicted octanol–water partition coefficient (Wildman–Crippen LogP) is 1.93. The summed E-state index contributed by atoms with van der Waals surface area (Å²) in [5, 5.41) is 0. The molecule has 1 heterocycles. The fourth-order valence-corrected chi connectivity index (χ4v) is 1.50. The van der Waals surface area contributed by atoms with Crippen LogP contribution in [0.2, 0.25) is 0 Å². The molecule has 2 atom stereocenters. The maximum Gasteiger partial charge on any atom is 0.164 e. The Morgan fingerprint density at radius 3 is 2.83 bits per heavy atom. The predicted molar refractivity (Wildman–Crippen MR) is 42.2 cm³/mol. The van der Waals surface area contributed by atoms with Crippen LogP contribution in [0, 0.1) is 0 Å². The molecular formula is C9H11FO2. The molecule has 12 heavy (non-hydrogen) atoms. The summed E-state index contributed by atoms with van der Waals surface area (Å²) < 4.78 is 23.9. The molecular weight excluding hydrogens is 159 g/mol. The van der Waals surface area contributed by atoms with Crippen molar-refractivity contribution in [3.8, 4) is 0 Å². The van der Waals surface area contributed by atoms with Crippen LogP contribution < -0.4 is 0 Å². The van der Waals surface area contributed by atoms with Crippen LogP contribution in [0.1, 0.15) is 13.8 Å². The second kappa shape index (κ2) is 2.41. The van der Waals surface area contributed by atoms with Gasteiger partial charge in [0.2, 0.25) is 0 Å². The molecule has 66 valence electrons. The average molecular weight is 170 g/mol. The van der Waals surface area contributed by atoms with Crippen LogP contribution in [-0.2, 0) is 9.47 Å². The first-order valence-electron chi connectivity index (χ1n) is 3.98. The third-order valence-electron chi connectivity index (χ3n) is 1.96. The van der Waals surface area contributed by atoms with E-state index in [0.717, 1.165) is 0 Å². The van der Waals surface area contributed by atoms with Crippen molar-refractivity contribution in [1.29, 1.82) is 0 Å². The highest BCUT2D eigenvalue weighted by Crippen LogP contribution is 2.34. The van der Waals surface area contributed by atoms with Crippen molar-refractivity contribution >= 4 is 0 Å². The number of hydrogen-bond donors (Lipinski definition) is 0. The molecule has 0 amide bonds. The normalized spacial score (nSPS) is 37.8. The van der Waals surface area contributed by atoms with Gasteiger partial charge in [0.05, 0.1) is 0 Å². The Morgan fingerprint density at radius 2 is 2.17 bits per heavy atom. The Balaban J connectivity index is 2.24. The summed E-state index contributed by atoms with van der Waals surface area (Å²) in [5.41, 5.74) is 0. The van der Waals surface area contributed by atoms with Gasteiger partial charge in [-0.15, -0.1) is 0 Å². The van der Waals surface area contributed by atoms with Crippen LogP contribution in [0.5, 0.6) is 0 Å². The minimum absolute atomic E-state index is 0.256. The lowest BCUT2D eigenvalue weighted by molar-refractivity contribution is -0.140. The number of halogens is 1. The van der Waals surface area contributed by atoms with Crippen molar-refractivity contribution in [2.24, 2.45) is 0 Å². The van der Waals surface area contributed by atoms with Gasteiger partial charge in [-0.3, -0.25) is 0 Å². The summed E-state index contributed by atoms with van der Waals surface area (Å²) in [6.07, 6.45) is 4.07. The molecule has 0 bridgehead atoms. The van der Waals surface area contributed by atoms with E-state index in [2.05, 4.69) is 0 Å². The first kappa shape index (κ1) is 7.95. The van der Waals surface area contributed by atoms with E-state index < -0.39 is 11.9 Å². The Morgan fingerprint density at radius 1 is 1.42 bits per heavy atom. The lowest BCUT2D eigenvalue weighted by Crippen LogP contribution is -2.23. The van der Waals surface area contributed by atoms with E-state index in [1.54, 1.807) is 19.9 Å². The van der Waals surface area contributed by atoms with E-state index in [-0.39, 0.29) is 11.9 Å². The van der Waals surface area contributed by atoms with Crippen molar-refractivity contribution in [1.82, 2.24) is 0 Å². The molecule has 0 saturated carbocycles. The van der Waals surface area contributed by atoms with Gasteiger partial charge < -0.3 is 9.47 Å². The zero-order valence-corrected chi connectivity index (χ0v) is 7.08. The van der Waals surface area contributed by atoms with E-state index in [1.807, 2.05) is 6.08 Å². The van der Waals surface area contributed by atoms with Gasteiger partial charge in [-0.2, -0.15) is 0 Å². The topological polar surface area (TPSA) is 18.5 Å². The molecule has 0 unspecified atom stereocenters. The van der Waals surface area contributed by atoms with Gasteiger partial charge in [0.25, 0.3) is 0 Å². The molecule has 1 fully saturated rings. The number of fused-ring (bicyclic) bond motifs is 1. The van der Waals surface area contributed by atoms with E-state index >= 15 is 0 Å². The summed E-state index contributed by atoms with van der Waals surface area (Å²) in [5.74, 6) is -0.928. The van der Waals surface area contributed by atoms with Crippen LogP contribution in [0.25, 0.3) is 0 Å². The molecule has 0 spiro atoms. The second-order valence-electron chi connectivity index (χ2n) is 3.46. The molecule has 1 aliphatic carbocycles. The van der Waals surface area contributed by atoms with E-state index in [4.69, 9.17) is 9.47 Å². The first-order chi connectivity index (χ1) is 5.58. The van der Waals surface area contributed by atoms with Crippen LogP contribution in [-0.4, -0.2) is 18.0 Å². The smallest absolute Gasteiger partial charge is 0.164 e. The lowest BCUT2D eigenvalue weighted by Gasteiger charge is -2.15. The van der Waals surface area contributed by atoms with Crippen molar-refractivity contribution < 1.29 is 13.9 Å². The standard InChI is InChI=1S/C9H11FO2/c1-9(2)11-7-5-3-4-6(10)8(7)12-9/h3-5,7-8H,1-2H3/t7-,8+/m0/s1. The molecule has 0 aromatic rings. The van der Waals surface area contributed by atoms with Crippen LogP contribution in [0.3, 0.4) is 0 Å². The quantitative estimate of drug-likeness (QED) is 0.553. The maximum atomic E-state index is 13.1. The van der Waals surface area contributed by atoms with Crippen molar-refractivity contribution in [3.63, 3.8) is 0 Å². The number of allylic oxidation sites excluding steroid dienone is 2. The van der Waals surface area contributed by atoms with Gasteiger partial charge in [0, 0.05) is 0 Å². The molecule has 0 aromatic carbocycles. The largest absolute Gasteiger partial charge is 0.340 e. The fraction of sp³-hybridized carbons (Fsp3) is 0.556. The average Bonchev–Trinajstić information content (AvgIpc) is 2.25. The summed E-state index contributed by atoms with van der Waals surface area (Å²) in [7, 11) is 0. The second-order valence-corrected chi connectivity index (χ2v) is 3.46. The van der Waals surface area contributed by atoms with Gasteiger partial charge in [0.15, 0.2) is 5.79 Å². The summed E-state index contributed by atoms with van der Waals surface area (Å²) in [4.78, 5) is 0. The SMILES string of the molecule is CC1(C)O[C@H]2C=CC=C(F)[C@H]2O1. The highest BCUT2D eigenvalue weighted by molar-refractivity contribution is 5.23. The zero-order chi connectivity index (χ0) is 8.77. The number of rotatable bonds is 0. The minimum atomic E-state index is -0.671. The third kappa shape index (κ3) is 1.19. The first-order valence-corrected chi connectivity index (χ1v) is 3.98. The Kier molecular flexibility index (Phi) is 1.59. The molecule has 1 aliphatic heterocycles. The third-order valence-corrected chi connectivity index (χ3v) is 1.96. The molecule has 3 heteroatoms. The highest BCUT2D eigenvalue weighted by Gasteiger charge is 2.43. The van der Waals surface area contributed by atoms with E-state index in [1.165, 1.54) is 6.08 Å². The monoisotopic (exact) mass is 170 g/mol. The Bertz CT molecular complexity index is 255. The van der Waals surface area contributed by atoms with E-state index in [0.29, 0.717) is 0 Å². The Labute approximate surface area is 70.7 Å². The minimum Gasteiger partial charge on any atom is -0.340 e. The van der Waals surface area contributed by atoms with Crippen LogP contribution >= 0.6 is 0 Å². The highest BCUT2D eigenvalue weighted by atomic mass is 19.1. The molecule has 2 aliphatic rings. The van der Waals surface area contributed by atoms with Gasteiger partial charge in [-0.25, -0.2) is 4.39 Å².